The third-order valence-electron chi connectivity index (χ3n) is 4.42. The van der Waals surface area contributed by atoms with E-state index in [4.69, 9.17) is 0 Å². The van der Waals surface area contributed by atoms with Gasteiger partial charge in [0.15, 0.2) is 0 Å². The van der Waals surface area contributed by atoms with Gasteiger partial charge in [-0.3, -0.25) is 14.4 Å². The molecule has 0 aliphatic heterocycles. The van der Waals surface area contributed by atoms with Crippen molar-refractivity contribution in [3.63, 3.8) is 0 Å². The van der Waals surface area contributed by atoms with E-state index in [1.807, 2.05) is 26.2 Å². The van der Waals surface area contributed by atoms with E-state index in [0.717, 1.165) is 5.56 Å². The Bertz CT molecular complexity index is 699. The first-order valence-corrected chi connectivity index (χ1v) is 11.2. The lowest BCUT2D eigenvalue weighted by atomic mass is 10.0. The smallest absolute Gasteiger partial charge is 0.243 e. The Morgan fingerprint density at radius 3 is 2.17 bits per heavy atom. The van der Waals surface area contributed by atoms with Gasteiger partial charge in [0, 0.05) is 0 Å². The molecule has 0 fully saturated rings. The summed E-state index contributed by atoms with van der Waals surface area (Å²) >= 11 is 1.53. The Morgan fingerprint density at radius 2 is 1.63 bits per heavy atom. The second-order valence-corrected chi connectivity index (χ2v) is 8.36. The average Bonchev–Trinajstić information content (AvgIpc) is 2.70. The second-order valence-electron chi connectivity index (χ2n) is 7.38. The average molecular weight is 437 g/mol. The van der Waals surface area contributed by atoms with Gasteiger partial charge in [-0.1, -0.05) is 44.2 Å². The third-order valence-corrected chi connectivity index (χ3v) is 5.06. The Labute approximate surface area is 181 Å². The van der Waals surface area contributed by atoms with Gasteiger partial charge in [0.2, 0.25) is 18.2 Å². The predicted molar refractivity (Wildman–Crippen MR) is 114 cm³/mol. The Kier molecular flexibility index (Phi) is 11.6. The van der Waals surface area contributed by atoms with Crippen LogP contribution in [0.25, 0.3) is 0 Å². The Hall–Kier alpha value is -2.55. The number of hydrogen-bond donors (Lipinski definition) is 3. The predicted octanol–water partition coefficient (Wildman–Crippen LogP) is -0.138. The molecule has 0 spiro atoms. The molecule has 0 aliphatic rings. The van der Waals surface area contributed by atoms with Crippen LogP contribution >= 0.6 is 11.8 Å². The maximum atomic E-state index is 12.8. The number of carboxylic acid groups (broad SMARTS) is 1. The van der Waals surface area contributed by atoms with Crippen LogP contribution in [-0.4, -0.2) is 54.3 Å². The van der Waals surface area contributed by atoms with Crippen molar-refractivity contribution in [3.8, 4) is 0 Å². The van der Waals surface area contributed by atoms with Crippen molar-refractivity contribution in [1.29, 1.82) is 0 Å². The minimum absolute atomic E-state index is 0.0697. The van der Waals surface area contributed by atoms with Crippen molar-refractivity contribution in [1.82, 2.24) is 16.0 Å². The van der Waals surface area contributed by atoms with Crippen LogP contribution in [0.4, 0.5) is 0 Å². The lowest BCUT2D eigenvalue weighted by Gasteiger charge is -2.26. The second kappa shape index (κ2) is 13.6. The lowest BCUT2D eigenvalue weighted by Crippen LogP contribution is -2.57. The summed E-state index contributed by atoms with van der Waals surface area (Å²) in [7, 11) is 0. The normalized spacial score (nSPS) is 13.7. The molecule has 3 N–H and O–H groups in total. The van der Waals surface area contributed by atoms with Crippen molar-refractivity contribution in [3.05, 3.63) is 35.9 Å². The van der Waals surface area contributed by atoms with Crippen LogP contribution in [0.2, 0.25) is 0 Å². The number of thioether (sulfide) groups is 1. The summed E-state index contributed by atoms with van der Waals surface area (Å²) in [6, 6.07) is 5.96. The van der Waals surface area contributed by atoms with E-state index in [-0.39, 0.29) is 12.3 Å². The van der Waals surface area contributed by atoms with Gasteiger partial charge in [-0.15, -0.1) is 0 Å². The highest BCUT2D eigenvalue weighted by Crippen LogP contribution is 2.09. The number of carboxylic acids is 1. The fourth-order valence-corrected chi connectivity index (χ4v) is 3.37. The highest BCUT2D eigenvalue weighted by molar-refractivity contribution is 7.98. The number of benzene rings is 1. The van der Waals surface area contributed by atoms with E-state index in [1.54, 1.807) is 24.3 Å². The molecule has 30 heavy (non-hydrogen) atoms. The number of carbonyl (C=O) groups excluding carboxylic acids is 4. The third kappa shape index (κ3) is 9.30. The van der Waals surface area contributed by atoms with E-state index in [9.17, 15) is 24.3 Å². The van der Waals surface area contributed by atoms with E-state index >= 15 is 0 Å². The van der Waals surface area contributed by atoms with Crippen LogP contribution in [0.15, 0.2) is 30.3 Å². The SMILES string of the molecule is CSCC[C@H](NC=O)C(=O)N[C@@H](CC(C)C)C(=O)N[C@@H](Cc1ccccc1)C(=O)[O-]. The maximum Gasteiger partial charge on any atom is 0.243 e. The van der Waals surface area contributed by atoms with Gasteiger partial charge in [-0.2, -0.15) is 11.8 Å². The molecular formula is C21H30N3O5S-. The number of amides is 3. The zero-order valence-corrected chi connectivity index (χ0v) is 18.4. The van der Waals surface area contributed by atoms with Crippen molar-refractivity contribution in [2.45, 2.75) is 51.2 Å². The van der Waals surface area contributed by atoms with Gasteiger partial charge in [0.25, 0.3) is 0 Å². The van der Waals surface area contributed by atoms with Crippen LogP contribution in [0.5, 0.6) is 0 Å². The quantitative estimate of drug-likeness (QED) is 0.349. The molecule has 1 aromatic carbocycles. The number of carbonyl (C=O) groups is 4. The van der Waals surface area contributed by atoms with Gasteiger partial charge in [0.1, 0.15) is 12.1 Å². The molecule has 3 atom stereocenters. The molecule has 1 aromatic rings. The van der Waals surface area contributed by atoms with E-state index < -0.39 is 35.9 Å². The Balaban J connectivity index is 2.88. The van der Waals surface area contributed by atoms with E-state index in [1.165, 1.54) is 11.8 Å². The van der Waals surface area contributed by atoms with E-state index in [2.05, 4.69) is 16.0 Å². The molecule has 1 rings (SSSR count). The first kappa shape index (κ1) is 25.5. The summed E-state index contributed by atoms with van der Waals surface area (Å²) in [5.74, 6) is -1.76. The fraction of sp³-hybridized carbons (Fsp3) is 0.524. The summed E-state index contributed by atoms with van der Waals surface area (Å²) in [4.78, 5) is 47.8. The van der Waals surface area contributed by atoms with Gasteiger partial charge in [-0.25, -0.2) is 0 Å². The summed E-state index contributed by atoms with van der Waals surface area (Å²) < 4.78 is 0. The lowest BCUT2D eigenvalue weighted by molar-refractivity contribution is -0.308. The van der Waals surface area contributed by atoms with Gasteiger partial charge in [-0.05, 0) is 42.8 Å². The molecule has 0 radical (unpaired) electrons. The molecule has 3 amide bonds. The molecule has 0 bridgehead atoms. The van der Waals surface area contributed by atoms with Crippen LogP contribution in [-0.2, 0) is 25.6 Å². The maximum absolute atomic E-state index is 12.8. The topological polar surface area (TPSA) is 127 Å². The molecule has 8 nitrogen and oxygen atoms in total. The van der Waals surface area contributed by atoms with Gasteiger partial charge in [0.05, 0.1) is 12.0 Å². The monoisotopic (exact) mass is 436 g/mol. The molecule has 0 unspecified atom stereocenters. The largest absolute Gasteiger partial charge is 0.548 e. The molecule has 0 saturated heterocycles. The highest BCUT2D eigenvalue weighted by atomic mass is 32.2. The van der Waals surface area contributed by atoms with Gasteiger partial charge >= 0.3 is 0 Å². The number of nitrogens with one attached hydrogen (secondary N) is 3. The van der Waals surface area contributed by atoms with E-state index in [0.29, 0.717) is 25.0 Å². The molecule has 0 saturated carbocycles. The molecule has 9 heteroatoms. The van der Waals surface area contributed by atoms with Gasteiger partial charge < -0.3 is 25.9 Å². The van der Waals surface area contributed by atoms with Crippen molar-refractivity contribution in [2.24, 2.45) is 5.92 Å². The number of aliphatic carboxylic acids is 1. The summed E-state index contributed by atoms with van der Waals surface area (Å²) in [6.45, 7) is 3.78. The summed E-state index contributed by atoms with van der Waals surface area (Å²) in [5, 5.41) is 19.2. The molecule has 0 heterocycles. The number of hydrogen-bond acceptors (Lipinski definition) is 6. The standard InChI is InChI=1S/C21H31N3O5S/c1-14(2)11-17(23-19(26)16(22-13-25)9-10-30-3)20(27)24-18(21(28)29)12-15-7-5-4-6-8-15/h4-8,13-14,16-18H,9-12H2,1-3H3,(H,22,25)(H,23,26)(H,24,27)(H,28,29)/p-1/t16-,17-,18-/m0/s1. The number of rotatable bonds is 14. The van der Waals surface area contributed by atoms with Crippen molar-refractivity contribution >= 4 is 36.0 Å². The summed E-state index contributed by atoms with van der Waals surface area (Å²) in [6.07, 6.45) is 3.14. The zero-order valence-electron chi connectivity index (χ0n) is 17.6. The molecule has 166 valence electrons. The zero-order chi connectivity index (χ0) is 22.5. The molecular weight excluding hydrogens is 406 g/mol. The van der Waals surface area contributed by atoms with Crippen molar-refractivity contribution in [2.75, 3.05) is 12.0 Å². The summed E-state index contributed by atoms with van der Waals surface area (Å²) in [5.41, 5.74) is 0.740. The first-order chi connectivity index (χ1) is 14.3. The van der Waals surface area contributed by atoms with Crippen LogP contribution in [0.3, 0.4) is 0 Å². The Morgan fingerprint density at radius 1 is 1.03 bits per heavy atom. The van der Waals surface area contributed by atoms with Crippen LogP contribution in [0.1, 0.15) is 32.3 Å². The van der Waals surface area contributed by atoms with Crippen LogP contribution in [0, 0.1) is 5.92 Å². The first-order valence-electron chi connectivity index (χ1n) is 9.82. The molecule has 0 aromatic heterocycles. The van der Waals surface area contributed by atoms with Crippen molar-refractivity contribution < 1.29 is 24.3 Å². The minimum Gasteiger partial charge on any atom is -0.548 e. The fourth-order valence-electron chi connectivity index (χ4n) is 2.90. The molecule has 0 aliphatic carbocycles. The highest BCUT2D eigenvalue weighted by Gasteiger charge is 2.27. The minimum atomic E-state index is -1.40. The van der Waals surface area contributed by atoms with Crippen LogP contribution < -0.4 is 21.1 Å².